The van der Waals surface area contributed by atoms with Crippen molar-refractivity contribution < 1.29 is 13.2 Å². The fourth-order valence-corrected chi connectivity index (χ4v) is 4.30. The number of hydrogen-bond acceptors (Lipinski definition) is 5. The van der Waals surface area contributed by atoms with Crippen LogP contribution in [0, 0.1) is 0 Å². The Balaban J connectivity index is 1.69. The number of carbonyl (C=O) groups is 1. The highest BCUT2D eigenvalue weighted by atomic mass is 32.2. The number of benzene rings is 2. The Morgan fingerprint density at radius 1 is 0.966 bits per heavy atom. The van der Waals surface area contributed by atoms with E-state index < -0.39 is 15.9 Å². The van der Waals surface area contributed by atoms with Crippen molar-refractivity contribution in [2.45, 2.75) is 4.90 Å². The smallest absolute Gasteiger partial charge is 0.266 e. The molecule has 144 valence electrons. The van der Waals surface area contributed by atoms with Crippen molar-refractivity contribution in [2.75, 3.05) is 0 Å². The van der Waals surface area contributed by atoms with Crippen LogP contribution >= 0.6 is 0 Å². The van der Waals surface area contributed by atoms with E-state index >= 15 is 0 Å². The lowest BCUT2D eigenvalue weighted by atomic mass is 10.2. The molecular formula is C21H16N4O3S. The summed E-state index contributed by atoms with van der Waals surface area (Å²) in [7, 11) is -3.77. The number of nitrogens with zero attached hydrogens (tertiary/aromatic N) is 3. The first-order valence-corrected chi connectivity index (χ1v) is 10.2. The minimum atomic E-state index is -3.77. The summed E-state index contributed by atoms with van der Waals surface area (Å²) in [6, 6.07) is 20.3. The summed E-state index contributed by atoms with van der Waals surface area (Å²) in [5.41, 5.74) is 3.72. The van der Waals surface area contributed by atoms with E-state index in [1.54, 1.807) is 66.7 Å². The molecule has 2 aromatic carbocycles. The van der Waals surface area contributed by atoms with E-state index in [0.29, 0.717) is 16.5 Å². The first-order chi connectivity index (χ1) is 14.1. The molecule has 1 N–H and O–H groups in total. The second kappa shape index (κ2) is 7.69. The minimum absolute atomic E-state index is 0.188. The van der Waals surface area contributed by atoms with Gasteiger partial charge in [-0.3, -0.25) is 9.78 Å². The minimum Gasteiger partial charge on any atom is -0.266 e. The molecule has 2 heterocycles. The van der Waals surface area contributed by atoms with Gasteiger partial charge in [-0.15, -0.1) is 0 Å². The van der Waals surface area contributed by atoms with E-state index in [9.17, 15) is 13.2 Å². The Hall–Kier alpha value is -3.78. The molecular weight excluding hydrogens is 388 g/mol. The van der Waals surface area contributed by atoms with Gasteiger partial charge in [-0.2, -0.15) is 5.10 Å². The van der Waals surface area contributed by atoms with Crippen LogP contribution in [0.2, 0.25) is 0 Å². The van der Waals surface area contributed by atoms with Gasteiger partial charge < -0.3 is 0 Å². The number of para-hydroxylation sites is 1. The molecule has 0 spiro atoms. The molecule has 0 aliphatic heterocycles. The van der Waals surface area contributed by atoms with Crippen molar-refractivity contribution in [2.24, 2.45) is 5.10 Å². The molecule has 8 heteroatoms. The monoisotopic (exact) mass is 404 g/mol. The fraction of sp³-hybridized carbons (Fsp3) is 0. The number of hydrogen-bond donors (Lipinski definition) is 1. The lowest BCUT2D eigenvalue weighted by Crippen LogP contribution is -2.18. The largest absolute Gasteiger partial charge is 0.289 e. The molecule has 4 rings (SSSR count). The summed E-state index contributed by atoms with van der Waals surface area (Å²) in [5, 5.41) is 4.66. The first-order valence-electron chi connectivity index (χ1n) is 8.72. The van der Waals surface area contributed by atoms with E-state index in [-0.39, 0.29) is 10.6 Å². The summed E-state index contributed by atoms with van der Waals surface area (Å²) >= 11 is 0. The zero-order valence-corrected chi connectivity index (χ0v) is 16.0. The molecule has 0 unspecified atom stereocenters. The molecule has 29 heavy (non-hydrogen) atoms. The number of pyridine rings is 1. The standard InChI is InChI=1S/C21H16N4O3S/c26-21(19-11-6-7-13-22-19)24-23-14-16-15-25(20-12-5-4-10-18(16)20)29(27,28)17-8-2-1-3-9-17/h1-15H,(H,24,26)/b23-14+. The van der Waals surface area contributed by atoms with Crippen molar-refractivity contribution in [1.29, 1.82) is 0 Å². The fourth-order valence-electron chi connectivity index (χ4n) is 2.90. The van der Waals surface area contributed by atoms with Crippen molar-refractivity contribution >= 4 is 33.0 Å². The summed E-state index contributed by atoms with van der Waals surface area (Å²) in [6.07, 6.45) is 4.42. The van der Waals surface area contributed by atoms with Crippen molar-refractivity contribution in [3.05, 3.63) is 96.4 Å². The third-order valence-corrected chi connectivity index (χ3v) is 5.96. The molecule has 1 amide bonds. The third-order valence-electron chi connectivity index (χ3n) is 4.28. The Morgan fingerprint density at radius 3 is 2.45 bits per heavy atom. The quantitative estimate of drug-likeness (QED) is 0.409. The highest BCUT2D eigenvalue weighted by molar-refractivity contribution is 7.90. The average molecular weight is 404 g/mol. The van der Waals surface area contributed by atoms with Crippen LogP contribution in [0.5, 0.6) is 0 Å². The van der Waals surface area contributed by atoms with E-state index in [1.165, 1.54) is 22.6 Å². The molecule has 4 aromatic rings. The van der Waals surface area contributed by atoms with Crippen LogP contribution in [0.3, 0.4) is 0 Å². The molecule has 0 atom stereocenters. The van der Waals surface area contributed by atoms with Crippen LogP contribution in [0.1, 0.15) is 16.1 Å². The summed E-state index contributed by atoms with van der Waals surface area (Å²) in [5.74, 6) is -0.456. The Morgan fingerprint density at radius 2 is 1.69 bits per heavy atom. The van der Waals surface area contributed by atoms with E-state index in [0.717, 1.165) is 0 Å². The second-order valence-corrected chi connectivity index (χ2v) is 7.94. The molecule has 2 aromatic heterocycles. The maximum atomic E-state index is 13.1. The predicted octanol–water partition coefficient (Wildman–Crippen LogP) is 3.04. The van der Waals surface area contributed by atoms with Crippen LogP contribution in [-0.2, 0) is 10.0 Å². The molecule has 7 nitrogen and oxygen atoms in total. The average Bonchev–Trinajstić information content (AvgIpc) is 3.14. The van der Waals surface area contributed by atoms with Gasteiger partial charge in [0, 0.05) is 23.3 Å². The SMILES string of the molecule is O=C(N/N=C/c1cn(S(=O)(=O)c2ccccc2)c2ccccc12)c1ccccn1. The van der Waals surface area contributed by atoms with Gasteiger partial charge in [0.1, 0.15) is 5.69 Å². The topological polar surface area (TPSA) is 93.4 Å². The maximum absolute atomic E-state index is 13.1. The van der Waals surface area contributed by atoms with Crippen molar-refractivity contribution in [1.82, 2.24) is 14.4 Å². The number of aromatic nitrogens is 2. The maximum Gasteiger partial charge on any atom is 0.289 e. The van der Waals surface area contributed by atoms with Gasteiger partial charge in [-0.05, 0) is 30.3 Å². The summed E-state index contributed by atoms with van der Waals surface area (Å²) in [4.78, 5) is 16.2. The van der Waals surface area contributed by atoms with Crippen LogP contribution in [0.15, 0.2) is 95.2 Å². The number of nitrogens with one attached hydrogen (secondary N) is 1. The summed E-state index contributed by atoms with van der Waals surface area (Å²) in [6.45, 7) is 0. The lowest BCUT2D eigenvalue weighted by molar-refractivity contribution is 0.0950. The zero-order chi connectivity index (χ0) is 20.3. The van der Waals surface area contributed by atoms with Gasteiger partial charge in [-0.25, -0.2) is 17.8 Å². The van der Waals surface area contributed by atoms with Gasteiger partial charge in [0.05, 0.1) is 16.6 Å². The van der Waals surface area contributed by atoms with Gasteiger partial charge in [0.2, 0.25) is 0 Å². The Labute approximate surface area is 167 Å². The number of hydrazone groups is 1. The van der Waals surface area contributed by atoms with Crippen LogP contribution in [0.4, 0.5) is 0 Å². The molecule has 0 saturated carbocycles. The van der Waals surface area contributed by atoms with Crippen LogP contribution < -0.4 is 5.43 Å². The lowest BCUT2D eigenvalue weighted by Gasteiger charge is -2.07. The molecule has 0 bridgehead atoms. The van der Waals surface area contributed by atoms with Crippen LogP contribution in [-0.4, -0.2) is 29.5 Å². The van der Waals surface area contributed by atoms with Gasteiger partial charge in [-0.1, -0.05) is 42.5 Å². The molecule has 0 aliphatic rings. The van der Waals surface area contributed by atoms with Gasteiger partial charge in [0.25, 0.3) is 15.9 Å². The first kappa shape index (κ1) is 18.6. The van der Waals surface area contributed by atoms with Crippen LogP contribution in [0.25, 0.3) is 10.9 Å². The highest BCUT2D eigenvalue weighted by Gasteiger charge is 2.20. The number of rotatable bonds is 5. The van der Waals surface area contributed by atoms with Crippen molar-refractivity contribution in [3.8, 4) is 0 Å². The van der Waals surface area contributed by atoms with E-state index in [1.807, 2.05) is 6.07 Å². The van der Waals surface area contributed by atoms with Gasteiger partial charge in [0.15, 0.2) is 0 Å². The second-order valence-electron chi connectivity index (χ2n) is 6.13. The normalized spacial score (nSPS) is 11.7. The number of carbonyl (C=O) groups excluding carboxylic acids is 1. The Kier molecular flexibility index (Phi) is 4.92. The molecule has 0 saturated heterocycles. The molecule has 0 aliphatic carbocycles. The predicted molar refractivity (Wildman–Crippen MR) is 110 cm³/mol. The third kappa shape index (κ3) is 3.65. The molecule has 0 radical (unpaired) electrons. The zero-order valence-electron chi connectivity index (χ0n) is 15.1. The van der Waals surface area contributed by atoms with E-state index in [4.69, 9.17) is 0 Å². The number of fused-ring (bicyclic) bond motifs is 1. The number of amides is 1. The summed E-state index contributed by atoms with van der Waals surface area (Å²) < 4.78 is 27.4. The van der Waals surface area contributed by atoms with Gasteiger partial charge >= 0.3 is 0 Å². The van der Waals surface area contributed by atoms with Crippen molar-refractivity contribution in [3.63, 3.8) is 0 Å². The van der Waals surface area contributed by atoms with E-state index in [2.05, 4.69) is 15.5 Å². The molecule has 0 fully saturated rings. The Bertz CT molecular complexity index is 1300. The highest BCUT2D eigenvalue weighted by Crippen LogP contribution is 2.25.